The van der Waals surface area contributed by atoms with E-state index in [1.807, 2.05) is 20.8 Å². The molecule has 0 aromatic rings. The molecule has 0 bridgehead atoms. The summed E-state index contributed by atoms with van der Waals surface area (Å²) < 4.78 is 5.79. The third-order valence-corrected chi connectivity index (χ3v) is 4.91. The molecule has 1 heterocycles. The van der Waals surface area contributed by atoms with Gasteiger partial charge in [-0.1, -0.05) is 20.8 Å². The van der Waals surface area contributed by atoms with Gasteiger partial charge in [0.2, 0.25) is 5.91 Å². The van der Waals surface area contributed by atoms with E-state index in [4.69, 9.17) is 9.84 Å². The van der Waals surface area contributed by atoms with Crippen molar-refractivity contribution in [2.45, 2.75) is 64.5 Å². The minimum Gasteiger partial charge on any atom is -0.481 e. The number of amides is 1. The Morgan fingerprint density at radius 2 is 2.00 bits per heavy atom. The molecule has 2 rings (SSSR count). The summed E-state index contributed by atoms with van der Waals surface area (Å²) in [7, 11) is 0. The Kier molecular flexibility index (Phi) is 4.09. The maximum absolute atomic E-state index is 12.2. The fourth-order valence-corrected chi connectivity index (χ4v) is 2.99. The van der Waals surface area contributed by atoms with E-state index in [0.29, 0.717) is 19.4 Å². The highest BCUT2D eigenvalue weighted by atomic mass is 16.5. The Bertz CT molecular complexity index is 399. The van der Waals surface area contributed by atoms with E-state index in [1.165, 1.54) is 0 Å². The van der Waals surface area contributed by atoms with Crippen LogP contribution in [-0.2, 0) is 14.3 Å². The minimum atomic E-state index is -0.738. The van der Waals surface area contributed by atoms with Crippen LogP contribution >= 0.6 is 0 Å². The first-order chi connectivity index (χ1) is 9.28. The molecular formula is C15H25NO4. The lowest BCUT2D eigenvalue weighted by Crippen LogP contribution is -2.57. The molecule has 5 nitrogen and oxygen atoms in total. The van der Waals surface area contributed by atoms with Gasteiger partial charge in [-0.05, 0) is 32.1 Å². The molecule has 1 aliphatic heterocycles. The van der Waals surface area contributed by atoms with Crippen LogP contribution in [0, 0.1) is 11.3 Å². The molecule has 114 valence electrons. The second-order valence-corrected chi connectivity index (χ2v) is 6.88. The standard InChI is InChI=1S/C15H25NO4/c1-4-14(2,3)13(19)16-11-5-6-20-15(9-11)7-10(8-15)12(17)18/h10-11H,4-9H2,1-3H3,(H,16,19)(H,17,18). The van der Waals surface area contributed by atoms with E-state index < -0.39 is 5.97 Å². The van der Waals surface area contributed by atoms with Crippen molar-refractivity contribution in [3.63, 3.8) is 0 Å². The Balaban J connectivity index is 1.89. The van der Waals surface area contributed by atoms with E-state index in [9.17, 15) is 9.59 Å². The number of rotatable bonds is 4. The number of hydrogen-bond acceptors (Lipinski definition) is 3. The van der Waals surface area contributed by atoms with Gasteiger partial charge >= 0.3 is 5.97 Å². The predicted octanol–water partition coefficient (Wildman–Crippen LogP) is 1.95. The molecule has 0 aromatic carbocycles. The van der Waals surface area contributed by atoms with E-state index >= 15 is 0 Å². The number of ether oxygens (including phenoxy) is 1. The first kappa shape index (κ1) is 15.3. The SMILES string of the molecule is CCC(C)(C)C(=O)NC1CCOC2(C1)CC(C(=O)O)C2. The molecule has 1 unspecified atom stereocenters. The summed E-state index contributed by atoms with van der Waals surface area (Å²) >= 11 is 0. The van der Waals surface area contributed by atoms with Gasteiger partial charge in [-0.15, -0.1) is 0 Å². The van der Waals surface area contributed by atoms with E-state index in [-0.39, 0.29) is 28.9 Å². The molecule has 2 N–H and O–H groups in total. The fraction of sp³-hybridized carbons (Fsp3) is 0.867. The fourth-order valence-electron chi connectivity index (χ4n) is 2.99. The second-order valence-electron chi connectivity index (χ2n) is 6.88. The summed E-state index contributed by atoms with van der Waals surface area (Å²) in [6.45, 7) is 6.50. The normalized spacial score (nSPS) is 33.5. The molecule has 1 aliphatic carbocycles. The zero-order chi connectivity index (χ0) is 15.0. The van der Waals surface area contributed by atoms with Crippen LogP contribution in [0.3, 0.4) is 0 Å². The highest BCUT2D eigenvalue weighted by Crippen LogP contribution is 2.46. The Morgan fingerprint density at radius 1 is 1.35 bits per heavy atom. The van der Waals surface area contributed by atoms with Crippen molar-refractivity contribution >= 4 is 11.9 Å². The molecule has 1 spiro atoms. The second kappa shape index (κ2) is 5.35. The lowest BCUT2D eigenvalue weighted by molar-refractivity contribution is -0.182. The molecule has 5 heteroatoms. The van der Waals surface area contributed by atoms with Crippen LogP contribution in [0.5, 0.6) is 0 Å². The maximum Gasteiger partial charge on any atom is 0.306 e. The van der Waals surface area contributed by atoms with Crippen LogP contribution < -0.4 is 5.32 Å². The van der Waals surface area contributed by atoms with Crippen LogP contribution in [0.1, 0.15) is 52.9 Å². The van der Waals surface area contributed by atoms with Gasteiger partial charge in [-0.3, -0.25) is 9.59 Å². The third kappa shape index (κ3) is 2.97. The summed E-state index contributed by atoms with van der Waals surface area (Å²) in [5, 5.41) is 12.1. The number of nitrogens with one attached hydrogen (secondary N) is 1. The zero-order valence-corrected chi connectivity index (χ0v) is 12.6. The van der Waals surface area contributed by atoms with Crippen LogP contribution in [0.15, 0.2) is 0 Å². The Morgan fingerprint density at radius 3 is 2.55 bits per heavy atom. The summed E-state index contributed by atoms with van der Waals surface area (Å²) in [5.41, 5.74) is -0.662. The van der Waals surface area contributed by atoms with Crippen molar-refractivity contribution in [1.29, 1.82) is 0 Å². The highest BCUT2D eigenvalue weighted by Gasteiger charge is 2.51. The van der Waals surface area contributed by atoms with Crippen LogP contribution in [-0.4, -0.2) is 35.2 Å². The number of aliphatic carboxylic acids is 1. The van der Waals surface area contributed by atoms with Gasteiger partial charge < -0.3 is 15.2 Å². The Hall–Kier alpha value is -1.10. The van der Waals surface area contributed by atoms with Crippen LogP contribution in [0.4, 0.5) is 0 Å². The number of carbonyl (C=O) groups excluding carboxylic acids is 1. The number of carboxylic acids is 1. The predicted molar refractivity (Wildman–Crippen MR) is 74.3 cm³/mol. The molecule has 20 heavy (non-hydrogen) atoms. The monoisotopic (exact) mass is 283 g/mol. The summed E-state index contributed by atoms with van der Waals surface area (Å²) in [6.07, 6.45) is 3.50. The van der Waals surface area contributed by atoms with E-state index in [1.54, 1.807) is 0 Å². The molecule has 0 radical (unpaired) electrons. The minimum absolute atomic E-state index is 0.0798. The highest BCUT2D eigenvalue weighted by molar-refractivity contribution is 5.82. The zero-order valence-electron chi connectivity index (χ0n) is 12.6. The Labute approximate surface area is 120 Å². The molecule has 0 aromatic heterocycles. The van der Waals surface area contributed by atoms with Gasteiger partial charge in [0.25, 0.3) is 0 Å². The topological polar surface area (TPSA) is 75.6 Å². The van der Waals surface area contributed by atoms with Crippen molar-refractivity contribution < 1.29 is 19.4 Å². The van der Waals surface area contributed by atoms with Gasteiger partial charge in [0, 0.05) is 18.1 Å². The van der Waals surface area contributed by atoms with E-state index in [0.717, 1.165) is 19.3 Å². The molecule has 1 saturated carbocycles. The number of carboxylic acid groups (broad SMARTS) is 1. The average Bonchev–Trinajstić information content (AvgIpc) is 2.35. The first-order valence-corrected chi connectivity index (χ1v) is 7.46. The lowest BCUT2D eigenvalue weighted by atomic mass is 9.66. The van der Waals surface area contributed by atoms with Gasteiger partial charge in [0.15, 0.2) is 0 Å². The first-order valence-electron chi connectivity index (χ1n) is 7.46. The number of carbonyl (C=O) groups is 2. The third-order valence-electron chi connectivity index (χ3n) is 4.91. The van der Waals surface area contributed by atoms with Crippen molar-refractivity contribution in [2.24, 2.45) is 11.3 Å². The summed E-state index contributed by atoms with van der Waals surface area (Å²) in [6, 6.07) is 0.108. The average molecular weight is 283 g/mol. The molecule has 2 aliphatic rings. The molecular weight excluding hydrogens is 258 g/mol. The van der Waals surface area contributed by atoms with Crippen LogP contribution in [0.25, 0.3) is 0 Å². The van der Waals surface area contributed by atoms with Gasteiger partial charge in [0.05, 0.1) is 11.5 Å². The van der Waals surface area contributed by atoms with Gasteiger partial charge in [-0.2, -0.15) is 0 Å². The van der Waals surface area contributed by atoms with Crippen molar-refractivity contribution in [1.82, 2.24) is 5.32 Å². The quantitative estimate of drug-likeness (QED) is 0.827. The molecule has 1 atom stereocenters. The molecule has 1 saturated heterocycles. The van der Waals surface area contributed by atoms with Crippen LogP contribution in [0.2, 0.25) is 0 Å². The maximum atomic E-state index is 12.2. The lowest BCUT2D eigenvalue weighted by Gasteiger charge is -2.50. The van der Waals surface area contributed by atoms with Crippen molar-refractivity contribution in [3.8, 4) is 0 Å². The number of hydrogen-bond donors (Lipinski definition) is 2. The smallest absolute Gasteiger partial charge is 0.306 e. The summed E-state index contributed by atoms with van der Waals surface area (Å²) in [4.78, 5) is 23.1. The van der Waals surface area contributed by atoms with Gasteiger partial charge in [0.1, 0.15) is 0 Å². The summed E-state index contributed by atoms with van der Waals surface area (Å²) in [5.74, 6) is -0.940. The van der Waals surface area contributed by atoms with E-state index in [2.05, 4.69) is 5.32 Å². The molecule has 1 amide bonds. The van der Waals surface area contributed by atoms with Gasteiger partial charge in [-0.25, -0.2) is 0 Å². The van der Waals surface area contributed by atoms with Crippen molar-refractivity contribution in [2.75, 3.05) is 6.61 Å². The van der Waals surface area contributed by atoms with Crippen molar-refractivity contribution in [3.05, 3.63) is 0 Å². The largest absolute Gasteiger partial charge is 0.481 e. The molecule has 2 fully saturated rings.